The number of hydrogen-bond acceptors (Lipinski definition) is 2. The number of halogens is 3. The number of nitrogens with zero attached hydrogens (tertiary/aromatic N) is 1. The Morgan fingerprint density at radius 1 is 1.32 bits per heavy atom. The van der Waals surface area contributed by atoms with Crippen LogP contribution < -0.4 is 5.32 Å². The molecule has 1 aliphatic rings. The van der Waals surface area contributed by atoms with Crippen molar-refractivity contribution >= 4 is 12.4 Å². The van der Waals surface area contributed by atoms with Gasteiger partial charge in [0.25, 0.3) is 0 Å². The summed E-state index contributed by atoms with van der Waals surface area (Å²) < 4.78 is 26.8. The van der Waals surface area contributed by atoms with Crippen molar-refractivity contribution in [3.63, 3.8) is 0 Å². The molecule has 0 amide bonds. The number of hydrogen-bond donors (Lipinski definition) is 1. The lowest BCUT2D eigenvalue weighted by Crippen LogP contribution is -2.45. The maximum Gasteiger partial charge on any atom is 0.130 e. The van der Waals surface area contributed by atoms with Crippen LogP contribution in [0.5, 0.6) is 0 Å². The highest BCUT2D eigenvalue weighted by molar-refractivity contribution is 5.85. The minimum atomic E-state index is -0.533. The summed E-state index contributed by atoms with van der Waals surface area (Å²) in [6, 6.07) is 3.76. The van der Waals surface area contributed by atoms with E-state index in [1.165, 1.54) is 6.07 Å². The molecule has 1 atom stereocenters. The summed E-state index contributed by atoms with van der Waals surface area (Å²) in [5, 5.41) is 3.27. The van der Waals surface area contributed by atoms with Crippen LogP contribution in [-0.4, -0.2) is 31.1 Å². The third kappa shape index (κ3) is 4.00. The third-order valence-corrected chi connectivity index (χ3v) is 3.30. The lowest BCUT2D eigenvalue weighted by Gasteiger charge is -2.34. The summed E-state index contributed by atoms with van der Waals surface area (Å²) >= 11 is 0. The van der Waals surface area contributed by atoms with Gasteiger partial charge in [-0.05, 0) is 12.5 Å². The Morgan fingerprint density at radius 3 is 2.58 bits per heavy atom. The van der Waals surface area contributed by atoms with Crippen LogP contribution in [0.25, 0.3) is 0 Å². The van der Waals surface area contributed by atoms with E-state index < -0.39 is 11.6 Å². The quantitative estimate of drug-likeness (QED) is 0.857. The van der Waals surface area contributed by atoms with Crippen LogP contribution in [0.15, 0.2) is 30.9 Å². The van der Waals surface area contributed by atoms with Crippen LogP contribution >= 0.6 is 12.4 Å². The average Bonchev–Trinajstić information content (AvgIpc) is 2.38. The SMILES string of the molecule is C=CC[C@@H](c1ccc(F)cc1F)N1CCNCC1.Cl. The lowest BCUT2D eigenvalue weighted by molar-refractivity contribution is 0.171. The van der Waals surface area contributed by atoms with E-state index in [-0.39, 0.29) is 18.4 Å². The highest BCUT2D eigenvalue weighted by Gasteiger charge is 2.23. The molecule has 1 aromatic rings. The van der Waals surface area contributed by atoms with Gasteiger partial charge >= 0.3 is 0 Å². The van der Waals surface area contributed by atoms with Gasteiger partial charge in [-0.1, -0.05) is 12.1 Å². The third-order valence-electron chi connectivity index (χ3n) is 3.30. The summed E-state index contributed by atoms with van der Waals surface area (Å²) in [5.41, 5.74) is 0.554. The highest BCUT2D eigenvalue weighted by Crippen LogP contribution is 2.27. The molecule has 0 aliphatic carbocycles. The van der Waals surface area contributed by atoms with Crippen molar-refractivity contribution in [3.8, 4) is 0 Å². The van der Waals surface area contributed by atoms with Gasteiger partial charge in [-0.3, -0.25) is 4.90 Å². The number of nitrogens with one attached hydrogen (secondary N) is 1. The summed E-state index contributed by atoms with van der Waals surface area (Å²) in [7, 11) is 0. The molecule has 2 rings (SSSR count). The van der Waals surface area contributed by atoms with Gasteiger partial charge in [-0.25, -0.2) is 8.78 Å². The summed E-state index contributed by atoms with van der Waals surface area (Å²) in [5.74, 6) is -1.01. The number of rotatable bonds is 4. The van der Waals surface area contributed by atoms with Crippen LogP contribution in [0.1, 0.15) is 18.0 Å². The first-order valence-corrected chi connectivity index (χ1v) is 6.23. The van der Waals surface area contributed by atoms with E-state index in [9.17, 15) is 8.78 Å². The number of piperazine rings is 1. The first-order chi connectivity index (χ1) is 8.72. The zero-order chi connectivity index (χ0) is 13.0. The van der Waals surface area contributed by atoms with Crippen molar-refractivity contribution in [2.75, 3.05) is 26.2 Å². The predicted octanol–water partition coefficient (Wildman–Crippen LogP) is 2.91. The molecule has 106 valence electrons. The Hall–Kier alpha value is -0.970. The smallest absolute Gasteiger partial charge is 0.130 e. The van der Waals surface area contributed by atoms with Crippen LogP contribution in [0, 0.1) is 11.6 Å². The Balaban J connectivity index is 0.00000180. The summed E-state index contributed by atoms with van der Waals surface area (Å²) in [6.07, 6.45) is 2.46. The van der Waals surface area contributed by atoms with E-state index in [0.29, 0.717) is 12.0 Å². The topological polar surface area (TPSA) is 15.3 Å². The van der Waals surface area contributed by atoms with Gasteiger partial charge in [0, 0.05) is 43.9 Å². The lowest BCUT2D eigenvalue weighted by atomic mass is 10.0. The Labute approximate surface area is 118 Å². The second-order valence-electron chi connectivity index (χ2n) is 4.49. The molecular formula is C14H19ClF2N2. The molecular weight excluding hydrogens is 270 g/mol. The molecule has 1 saturated heterocycles. The van der Waals surface area contributed by atoms with Gasteiger partial charge in [0.1, 0.15) is 11.6 Å². The Kier molecular flexibility index (Phi) is 6.42. The van der Waals surface area contributed by atoms with Crippen molar-refractivity contribution < 1.29 is 8.78 Å². The molecule has 1 heterocycles. The van der Waals surface area contributed by atoms with Crippen LogP contribution in [-0.2, 0) is 0 Å². The second-order valence-corrected chi connectivity index (χ2v) is 4.49. The molecule has 0 radical (unpaired) electrons. The maximum absolute atomic E-state index is 13.9. The van der Waals surface area contributed by atoms with Crippen LogP contribution in [0.2, 0.25) is 0 Å². The van der Waals surface area contributed by atoms with Crippen molar-refractivity contribution in [1.29, 1.82) is 0 Å². The second kappa shape index (κ2) is 7.58. The Morgan fingerprint density at radius 2 is 2.00 bits per heavy atom. The fraction of sp³-hybridized carbons (Fsp3) is 0.429. The fourth-order valence-electron chi connectivity index (χ4n) is 2.40. The average molecular weight is 289 g/mol. The van der Waals surface area contributed by atoms with Crippen molar-refractivity contribution in [3.05, 3.63) is 48.1 Å². The molecule has 1 aliphatic heterocycles. The van der Waals surface area contributed by atoms with E-state index in [1.807, 2.05) is 0 Å². The monoisotopic (exact) mass is 288 g/mol. The van der Waals surface area contributed by atoms with E-state index >= 15 is 0 Å². The molecule has 19 heavy (non-hydrogen) atoms. The van der Waals surface area contributed by atoms with Crippen LogP contribution in [0.3, 0.4) is 0 Å². The van der Waals surface area contributed by atoms with Gasteiger partial charge in [0.15, 0.2) is 0 Å². The number of benzene rings is 1. The van der Waals surface area contributed by atoms with Crippen molar-refractivity contribution in [2.24, 2.45) is 0 Å². The highest BCUT2D eigenvalue weighted by atomic mass is 35.5. The zero-order valence-electron chi connectivity index (χ0n) is 10.7. The van der Waals surface area contributed by atoms with E-state index in [1.54, 1.807) is 12.1 Å². The molecule has 0 bridgehead atoms. The summed E-state index contributed by atoms with van der Waals surface area (Å²) in [6.45, 7) is 7.27. The zero-order valence-corrected chi connectivity index (χ0v) is 11.6. The van der Waals surface area contributed by atoms with E-state index in [4.69, 9.17) is 0 Å². The van der Waals surface area contributed by atoms with Gasteiger partial charge < -0.3 is 5.32 Å². The molecule has 0 saturated carbocycles. The van der Waals surface area contributed by atoms with Crippen LogP contribution in [0.4, 0.5) is 8.78 Å². The maximum atomic E-state index is 13.9. The molecule has 0 aromatic heterocycles. The first kappa shape index (κ1) is 16.1. The molecule has 0 unspecified atom stereocenters. The van der Waals surface area contributed by atoms with Crippen molar-refractivity contribution in [2.45, 2.75) is 12.5 Å². The molecule has 1 aromatic carbocycles. The summed E-state index contributed by atoms with van der Waals surface area (Å²) in [4.78, 5) is 2.22. The normalized spacial score (nSPS) is 17.6. The molecule has 1 fully saturated rings. The Bertz CT molecular complexity index is 420. The van der Waals surface area contributed by atoms with E-state index in [2.05, 4.69) is 16.8 Å². The predicted molar refractivity (Wildman–Crippen MR) is 75.6 cm³/mol. The molecule has 0 spiro atoms. The minimum Gasteiger partial charge on any atom is -0.314 e. The molecule has 1 N–H and O–H groups in total. The fourth-order valence-corrected chi connectivity index (χ4v) is 2.40. The molecule has 2 nitrogen and oxygen atoms in total. The van der Waals surface area contributed by atoms with Gasteiger partial charge in [-0.15, -0.1) is 19.0 Å². The molecule has 5 heteroatoms. The standard InChI is InChI=1S/C14H18F2N2.ClH/c1-2-3-14(18-8-6-17-7-9-18)12-5-4-11(15)10-13(12)16;/h2,4-5,10,14,17H,1,3,6-9H2;1H/t14-;/m0./s1. The minimum absolute atomic E-state index is 0. The van der Waals surface area contributed by atoms with Gasteiger partial charge in [0.05, 0.1) is 0 Å². The largest absolute Gasteiger partial charge is 0.314 e. The van der Waals surface area contributed by atoms with Gasteiger partial charge in [0.2, 0.25) is 0 Å². The van der Waals surface area contributed by atoms with E-state index in [0.717, 1.165) is 32.2 Å². The van der Waals surface area contributed by atoms with Gasteiger partial charge in [-0.2, -0.15) is 0 Å². The first-order valence-electron chi connectivity index (χ1n) is 6.23. The van der Waals surface area contributed by atoms with Crippen molar-refractivity contribution in [1.82, 2.24) is 10.2 Å².